The van der Waals surface area contributed by atoms with Crippen LogP contribution in [0.1, 0.15) is 30.1 Å². The average molecular weight is 313 g/mol. The molecule has 0 bridgehead atoms. The van der Waals surface area contributed by atoms with Crippen LogP contribution >= 0.6 is 0 Å². The van der Waals surface area contributed by atoms with E-state index in [0.717, 1.165) is 25.1 Å². The lowest BCUT2D eigenvalue weighted by molar-refractivity contribution is 0.102. The molecule has 23 heavy (non-hydrogen) atoms. The number of rotatable bonds is 7. The minimum absolute atomic E-state index is 0.184. The van der Waals surface area contributed by atoms with Crippen LogP contribution in [0.25, 0.3) is 0 Å². The summed E-state index contributed by atoms with van der Waals surface area (Å²) in [5, 5.41) is 2.86. The summed E-state index contributed by atoms with van der Waals surface area (Å²) >= 11 is 0. The number of hydrogen-bond acceptors (Lipinski definition) is 4. The van der Waals surface area contributed by atoms with Gasteiger partial charge in [-0.25, -0.2) is 0 Å². The Morgan fingerprint density at radius 2 is 2.13 bits per heavy atom. The summed E-state index contributed by atoms with van der Waals surface area (Å²) in [6, 6.07) is 9.13. The van der Waals surface area contributed by atoms with Crippen molar-refractivity contribution in [1.82, 2.24) is 4.98 Å². The van der Waals surface area contributed by atoms with Crippen LogP contribution < -0.4 is 15.0 Å². The molecule has 1 aromatic carbocycles. The molecule has 0 saturated carbocycles. The largest absolute Gasteiger partial charge is 0.497 e. The Morgan fingerprint density at radius 3 is 2.87 bits per heavy atom. The van der Waals surface area contributed by atoms with Crippen LogP contribution in [0, 0.1) is 0 Å². The normalized spacial score (nSPS) is 10.2. The van der Waals surface area contributed by atoms with Gasteiger partial charge in [-0.2, -0.15) is 0 Å². The summed E-state index contributed by atoms with van der Waals surface area (Å²) in [6.07, 6.45) is 5.59. The molecule has 0 aliphatic rings. The summed E-state index contributed by atoms with van der Waals surface area (Å²) in [6.45, 7) is 3.10. The zero-order valence-corrected chi connectivity index (χ0v) is 13.9. The summed E-state index contributed by atoms with van der Waals surface area (Å²) < 4.78 is 5.16. The number of ether oxygens (including phenoxy) is 1. The number of nitrogens with one attached hydrogen (secondary N) is 1. The number of hydrogen-bond donors (Lipinski definition) is 1. The zero-order valence-electron chi connectivity index (χ0n) is 13.9. The highest BCUT2D eigenvalue weighted by molar-refractivity contribution is 6.04. The summed E-state index contributed by atoms with van der Waals surface area (Å²) in [4.78, 5) is 18.7. The van der Waals surface area contributed by atoms with E-state index in [9.17, 15) is 4.79 Å². The lowest BCUT2D eigenvalue weighted by atomic mass is 10.2. The number of nitrogens with zero attached hydrogens (tertiary/aromatic N) is 2. The maximum atomic E-state index is 12.4. The van der Waals surface area contributed by atoms with Gasteiger partial charge in [0.05, 0.1) is 24.6 Å². The first kappa shape index (κ1) is 16.8. The zero-order chi connectivity index (χ0) is 16.7. The van der Waals surface area contributed by atoms with Gasteiger partial charge in [0, 0.05) is 31.5 Å². The summed E-state index contributed by atoms with van der Waals surface area (Å²) in [5.74, 6) is 0.519. The van der Waals surface area contributed by atoms with Crippen LogP contribution in [0.3, 0.4) is 0 Å². The molecule has 1 amide bonds. The molecule has 0 fully saturated rings. The summed E-state index contributed by atoms with van der Waals surface area (Å²) in [5.41, 5.74) is 2.17. The number of anilines is 2. The fourth-order valence-corrected chi connectivity index (χ4v) is 2.19. The van der Waals surface area contributed by atoms with E-state index >= 15 is 0 Å². The first-order valence-corrected chi connectivity index (χ1v) is 7.75. The molecule has 0 saturated heterocycles. The fraction of sp³-hybridized carbons (Fsp3) is 0.333. The number of benzene rings is 1. The van der Waals surface area contributed by atoms with Crippen LogP contribution in [-0.2, 0) is 0 Å². The second kappa shape index (κ2) is 8.17. The van der Waals surface area contributed by atoms with Crippen LogP contribution in [0.15, 0.2) is 42.7 Å². The molecule has 0 aliphatic heterocycles. The van der Waals surface area contributed by atoms with E-state index in [4.69, 9.17) is 4.74 Å². The topological polar surface area (TPSA) is 54.5 Å². The van der Waals surface area contributed by atoms with E-state index < -0.39 is 0 Å². The lowest BCUT2D eigenvalue weighted by Crippen LogP contribution is -2.19. The first-order chi connectivity index (χ1) is 11.1. The molecule has 122 valence electrons. The molecule has 1 N–H and O–H groups in total. The van der Waals surface area contributed by atoms with Crippen LogP contribution in [0.2, 0.25) is 0 Å². The van der Waals surface area contributed by atoms with Crippen molar-refractivity contribution >= 4 is 17.3 Å². The van der Waals surface area contributed by atoms with E-state index in [2.05, 4.69) is 22.1 Å². The summed E-state index contributed by atoms with van der Waals surface area (Å²) in [7, 11) is 3.61. The van der Waals surface area contributed by atoms with Crippen LogP contribution in [0.4, 0.5) is 11.4 Å². The number of carbonyl (C=O) groups is 1. The van der Waals surface area contributed by atoms with E-state index in [0.29, 0.717) is 17.0 Å². The van der Waals surface area contributed by atoms with Crippen molar-refractivity contribution in [1.29, 1.82) is 0 Å². The Labute approximate surface area is 137 Å². The SMILES string of the molecule is CCCCN(C)c1cncc(C(=O)Nc2cccc(OC)c2)c1. The number of methoxy groups -OCH3 is 1. The third-order valence-corrected chi connectivity index (χ3v) is 3.60. The molecule has 0 spiro atoms. The monoisotopic (exact) mass is 313 g/mol. The second-order valence-electron chi connectivity index (χ2n) is 5.39. The Kier molecular flexibility index (Phi) is 5.97. The second-order valence-corrected chi connectivity index (χ2v) is 5.39. The maximum Gasteiger partial charge on any atom is 0.257 e. The highest BCUT2D eigenvalue weighted by Gasteiger charge is 2.10. The van der Waals surface area contributed by atoms with Gasteiger partial charge in [0.25, 0.3) is 5.91 Å². The molecule has 0 radical (unpaired) electrons. The van der Waals surface area contributed by atoms with Crippen LogP contribution in [0.5, 0.6) is 5.75 Å². The van der Waals surface area contributed by atoms with Gasteiger partial charge in [-0.3, -0.25) is 9.78 Å². The van der Waals surface area contributed by atoms with Crippen molar-refractivity contribution in [3.63, 3.8) is 0 Å². The molecule has 1 heterocycles. The van der Waals surface area contributed by atoms with E-state index in [1.807, 2.05) is 31.3 Å². The van der Waals surface area contributed by atoms with Gasteiger partial charge in [-0.05, 0) is 24.6 Å². The van der Waals surface area contributed by atoms with Crippen molar-refractivity contribution in [3.8, 4) is 5.75 Å². The van der Waals surface area contributed by atoms with Gasteiger partial charge in [0.1, 0.15) is 5.75 Å². The molecule has 0 unspecified atom stereocenters. The fourth-order valence-electron chi connectivity index (χ4n) is 2.19. The van der Waals surface area contributed by atoms with Crippen molar-refractivity contribution < 1.29 is 9.53 Å². The smallest absolute Gasteiger partial charge is 0.257 e. The molecule has 2 rings (SSSR count). The van der Waals surface area contributed by atoms with Gasteiger partial charge in [0.15, 0.2) is 0 Å². The van der Waals surface area contributed by atoms with Crippen molar-refractivity contribution in [2.24, 2.45) is 0 Å². The van der Waals surface area contributed by atoms with Crippen LogP contribution in [-0.4, -0.2) is 31.6 Å². The van der Waals surface area contributed by atoms with Gasteiger partial charge in [0.2, 0.25) is 0 Å². The van der Waals surface area contributed by atoms with Gasteiger partial charge in [-0.15, -0.1) is 0 Å². The minimum Gasteiger partial charge on any atom is -0.497 e. The standard InChI is InChI=1S/C18H23N3O2/c1-4-5-9-21(2)16-10-14(12-19-13-16)18(22)20-15-7-6-8-17(11-15)23-3/h6-8,10-13H,4-5,9H2,1-3H3,(H,20,22). The van der Waals surface area contributed by atoms with Gasteiger partial charge >= 0.3 is 0 Å². The molecular formula is C18H23N3O2. The van der Waals surface area contributed by atoms with E-state index in [-0.39, 0.29) is 5.91 Å². The van der Waals surface area contributed by atoms with E-state index in [1.54, 1.807) is 25.6 Å². The highest BCUT2D eigenvalue weighted by Crippen LogP contribution is 2.19. The predicted octanol–water partition coefficient (Wildman–Crippen LogP) is 3.58. The average Bonchev–Trinajstić information content (AvgIpc) is 2.59. The number of aromatic nitrogens is 1. The molecule has 5 nitrogen and oxygen atoms in total. The predicted molar refractivity (Wildman–Crippen MR) is 93.4 cm³/mol. The number of unbranched alkanes of at least 4 members (excludes halogenated alkanes) is 1. The Hall–Kier alpha value is -2.56. The minimum atomic E-state index is -0.184. The van der Waals surface area contributed by atoms with Crippen molar-refractivity contribution in [3.05, 3.63) is 48.3 Å². The van der Waals surface area contributed by atoms with Crippen molar-refractivity contribution in [2.45, 2.75) is 19.8 Å². The third-order valence-electron chi connectivity index (χ3n) is 3.60. The molecular weight excluding hydrogens is 290 g/mol. The number of carbonyl (C=O) groups excluding carboxylic acids is 1. The maximum absolute atomic E-state index is 12.4. The molecule has 1 aromatic heterocycles. The lowest BCUT2D eigenvalue weighted by Gasteiger charge is -2.19. The van der Waals surface area contributed by atoms with Gasteiger partial charge in [-0.1, -0.05) is 19.4 Å². The third kappa shape index (κ3) is 4.71. The number of pyridine rings is 1. The highest BCUT2D eigenvalue weighted by atomic mass is 16.5. The van der Waals surface area contributed by atoms with Crippen molar-refractivity contribution in [2.75, 3.05) is 30.9 Å². The molecule has 2 aromatic rings. The van der Waals surface area contributed by atoms with E-state index in [1.165, 1.54) is 0 Å². The Morgan fingerprint density at radius 1 is 1.30 bits per heavy atom. The number of amides is 1. The quantitative estimate of drug-likeness (QED) is 0.849. The first-order valence-electron chi connectivity index (χ1n) is 7.75. The molecule has 0 atom stereocenters. The Bertz CT molecular complexity index is 658. The molecule has 5 heteroatoms. The Balaban J connectivity index is 2.09. The van der Waals surface area contributed by atoms with Gasteiger partial charge < -0.3 is 15.0 Å². The molecule has 0 aliphatic carbocycles.